The van der Waals surface area contributed by atoms with Gasteiger partial charge in [-0.15, -0.1) is 0 Å². The van der Waals surface area contributed by atoms with E-state index in [2.05, 4.69) is 282 Å². The van der Waals surface area contributed by atoms with Gasteiger partial charge in [-0.1, -0.05) is 282 Å². The van der Waals surface area contributed by atoms with Crippen LogP contribution in [-0.2, 0) is 27.1 Å². The molecule has 0 bridgehead atoms. The van der Waals surface area contributed by atoms with Crippen LogP contribution in [0.15, 0.2) is 235 Å². The van der Waals surface area contributed by atoms with E-state index in [-0.39, 0.29) is 56.7 Å². The average molecular weight is 1040 g/mol. The van der Waals surface area contributed by atoms with Gasteiger partial charge in [0, 0.05) is 33.0 Å². The van der Waals surface area contributed by atoms with Crippen LogP contribution in [0.4, 0.5) is 0 Å². The fourth-order valence-electron chi connectivity index (χ4n) is 22.0. The maximum Gasteiger partial charge on any atom is 0.0263 e. The van der Waals surface area contributed by atoms with Gasteiger partial charge in [0.1, 0.15) is 0 Å². The summed E-state index contributed by atoms with van der Waals surface area (Å²) in [6.45, 7) is 27.6. The van der Waals surface area contributed by atoms with Crippen LogP contribution < -0.4 is 0 Å². The van der Waals surface area contributed by atoms with Crippen molar-refractivity contribution in [2.24, 2.45) is 65.1 Å². The molecule has 11 unspecified atom stereocenters. The largest absolute Gasteiger partial charge is 0.0616 e. The van der Waals surface area contributed by atoms with Gasteiger partial charge in [0.15, 0.2) is 0 Å². The molecule has 6 aliphatic rings. The standard InChI is InChI=1S/C80H76/c1-46-47(2)77(67-37-32-57-22-12-17-27-62(57)42-67)50(5)51(6)79(69-39-34-59-24-14-19-29-64(59)44-69)54(9)55(10)80(70-40-35-60-25-15-20-30-65(60)45-70)53(8)52(7)78(68-38-33-58-23-13-18-28-63(58)43-68)49(4)48(3)76(46,71-72(77)74(79)75(80)73(71)78)66-36-31-56-21-11-16-26-61(56)41-66/h11-55,71H,1-10H3/t46-,47?,48?,49?,50-,51+,52+,53?,54?,55+,71?,76?,77?,78?,79?,80?/m1/s1. The Hall–Kier alpha value is -7.02. The van der Waals surface area contributed by atoms with Gasteiger partial charge in [-0.3, -0.25) is 0 Å². The summed E-state index contributed by atoms with van der Waals surface area (Å²) < 4.78 is 0. The SMILES string of the molecule is CC1[C@@H](C)C2(c3ccc4ccccc4c3)C3C4=C5C6=C3C(c3ccc7ccccc7c3)(C(C)C2C)[C@@H](C)C(C)C6(c2ccc3ccccc3c2)[C@@H](C)C(C)C5(c2ccc3ccccc3c2)[C@@H](C)[C@@H](C)C41c1ccc2ccccc2c1. The topological polar surface area (TPSA) is 0 Å². The number of fused-ring (bicyclic) bond motifs is 5. The molecule has 6 aliphatic carbocycles. The third-order valence-corrected chi connectivity index (χ3v) is 25.7. The number of benzene rings is 10. The zero-order valence-corrected chi connectivity index (χ0v) is 48.6. The molecule has 0 heterocycles. The molecule has 3 saturated carbocycles. The van der Waals surface area contributed by atoms with E-state index in [1.54, 1.807) is 27.9 Å². The maximum absolute atomic E-state index is 2.77. The first-order chi connectivity index (χ1) is 38.8. The summed E-state index contributed by atoms with van der Waals surface area (Å²) in [7, 11) is 0. The van der Waals surface area contributed by atoms with Crippen LogP contribution >= 0.6 is 0 Å². The van der Waals surface area contributed by atoms with E-state index in [9.17, 15) is 0 Å². The number of hydrogen-bond donors (Lipinski definition) is 0. The highest BCUT2D eigenvalue weighted by atomic mass is 14.8. The Labute approximate surface area is 475 Å². The first-order valence-corrected chi connectivity index (χ1v) is 30.8. The second kappa shape index (κ2) is 16.6. The minimum atomic E-state index is -0.310. The third kappa shape index (κ3) is 5.43. The van der Waals surface area contributed by atoms with E-state index < -0.39 is 0 Å². The van der Waals surface area contributed by atoms with Gasteiger partial charge in [-0.2, -0.15) is 0 Å². The highest BCUT2D eigenvalue weighted by Gasteiger charge is 2.82. The molecule has 0 nitrogen and oxygen atoms in total. The lowest BCUT2D eigenvalue weighted by Crippen LogP contribution is -2.70. The molecule has 3 fully saturated rings. The summed E-state index contributed by atoms with van der Waals surface area (Å²) in [6, 6.07) is 85.2. The molecule has 0 N–H and O–H groups in total. The Morgan fingerprint density at radius 1 is 0.212 bits per heavy atom. The lowest BCUT2D eigenvalue weighted by molar-refractivity contribution is -0.0727. The van der Waals surface area contributed by atoms with Crippen molar-refractivity contribution in [2.45, 2.75) is 96.3 Å². The van der Waals surface area contributed by atoms with Gasteiger partial charge in [0.05, 0.1) is 0 Å². The summed E-state index contributed by atoms with van der Waals surface area (Å²) in [5.74, 6) is 3.09. The zero-order chi connectivity index (χ0) is 54.6. The first-order valence-electron chi connectivity index (χ1n) is 30.8. The van der Waals surface area contributed by atoms with E-state index >= 15 is 0 Å². The first kappa shape index (κ1) is 48.8. The molecular weight excluding hydrogens is 961 g/mol. The van der Waals surface area contributed by atoms with E-state index in [4.69, 9.17) is 0 Å². The third-order valence-electron chi connectivity index (χ3n) is 25.7. The highest BCUT2D eigenvalue weighted by molar-refractivity contribution is 5.90. The van der Waals surface area contributed by atoms with Crippen LogP contribution in [0, 0.1) is 65.1 Å². The Bertz CT molecular complexity index is 4100. The number of allylic oxidation sites excluding steroid dienone is 4. The van der Waals surface area contributed by atoms with E-state index in [1.165, 1.54) is 76.1 Å². The Morgan fingerprint density at radius 2 is 0.425 bits per heavy atom. The zero-order valence-electron chi connectivity index (χ0n) is 48.6. The monoisotopic (exact) mass is 1040 g/mol. The van der Waals surface area contributed by atoms with E-state index in [1.807, 2.05) is 0 Å². The van der Waals surface area contributed by atoms with Crippen LogP contribution in [0.25, 0.3) is 53.9 Å². The highest BCUT2D eigenvalue weighted by Crippen LogP contribution is 2.86. The molecule has 0 aliphatic heterocycles. The van der Waals surface area contributed by atoms with E-state index in [0.29, 0.717) is 35.5 Å². The Balaban J connectivity index is 1.17. The van der Waals surface area contributed by atoms with Crippen LogP contribution in [-0.4, -0.2) is 0 Å². The van der Waals surface area contributed by atoms with Crippen molar-refractivity contribution in [3.05, 3.63) is 262 Å². The summed E-state index contributed by atoms with van der Waals surface area (Å²) in [6.07, 6.45) is 0. The van der Waals surface area contributed by atoms with Crippen molar-refractivity contribution < 1.29 is 0 Å². The van der Waals surface area contributed by atoms with Crippen LogP contribution in [0.3, 0.4) is 0 Å². The second-order valence-electron chi connectivity index (χ2n) is 27.1. The lowest BCUT2D eigenvalue weighted by atomic mass is 9.30. The molecule has 0 radical (unpaired) electrons. The van der Waals surface area contributed by atoms with Gasteiger partial charge < -0.3 is 0 Å². The average Bonchev–Trinajstić information content (AvgIpc) is 3.04. The Kier molecular flexibility index (Phi) is 10.1. The second-order valence-corrected chi connectivity index (χ2v) is 27.1. The predicted octanol–water partition coefficient (Wildman–Crippen LogP) is 20.1. The fourth-order valence-corrected chi connectivity index (χ4v) is 22.0. The molecule has 0 aromatic heterocycles. The molecule has 0 amide bonds. The summed E-state index contributed by atoms with van der Waals surface area (Å²) in [4.78, 5) is 0. The van der Waals surface area contributed by atoms with Crippen molar-refractivity contribution >= 4 is 53.9 Å². The number of hydrogen-bond acceptors (Lipinski definition) is 0. The molecule has 16 atom stereocenters. The molecule has 0 spiro atoms. The van der Waals surface area contributed by atoms with Crippen molar-refractivity contribution in [1.29, 1.82) is 0 Å². The summed E-state index contributed by atoms with van der Waals surface area (Å²) in [5, 5.41) is 13.4. The molecule has 0 saturated heterocycles. The number of rotatable bonds is 5. The normalized spacial score (nSPS) is 35.9. The molecule has 396 valence electrons. The van der Waals surface area contributed by atoms with Crippen LogP contribution in [0.2, 0.25) is 0 Å². The van der Waals surface area contributed by atoms with E-state index in [0.717, 1.165) is 0 Å². The van der Waals surface area contributed by atoms with Gasteiger partial charge in [0.2, 0.25) is 0 Å². The quantitative estimate of drug-likeness (QED) is 0.161. The minimum absolute atomic E-state index is 0.131. The lowest BCUT2D eigenvalue weighted by Gasteiger charge is -2.72. The van der Waals surface area contributed by atoms with Crippen molar-refractivity contribution in [2.75, 3.05) is 0 Å². The van der Waals surface area contributed by atoms with Crippen molar-refractivity contribution in [3.63, 3.8) is 0 Å². The van der Waals surface area contributed by atoms with Crippen molar-refractivity contribution in [1.82, 2.24) is 0 Å². The summed E-state index contributed by atoms with van der Waals surface area (Å²) in [5.41, 5.74) is 13.3. The Morgan fingerprint density at radius 3 is 0.713 bits per heavy atom. The molecule has 16 rings (SSSR count). The smallest absolute Gasteiger partial charge is 0.0263 e. The van der Waals surface area contributed by atoms with Crippen molar-refractivity contribution in [3.8, 4) is 0 Å². The van der Waals surface area contributed by atoms with Gasteiger partial charge in [-0.05, 0) is 163 Å². The maximum atomic E-state index is 2.77. The van der Waals surface area contributed by atoms with Gasteiger partial charge in [0.25, 0.3) is 0 Å². The predicted molar refractivity (Wildman–Crippen MR) is 337 cm³/mol. The molecule has 10 aromatic rings. The van der Waals surface area contributed by atoms with Crippen LogP contribution in [0.5, 0.6) is 0 Å². The summed E-state index contributed by atoms with van der Waals surface area (Å²) >= 11 is 0. The fraction of sp³-hybridized carbons (Fsp3) is 0.325. The molecule has 80 heavy (non-hydrogen) atoms. The minimum Gasteiger partial charge on any atom is -0.0616 e. The van der Waals surface area contributed by atoms with Gasteiger partial charge in [-0.25, -0.2) is 0 Å². The molecular formula is C80H76. The molecule has 0 heteroatoms. The van der Waals surface area contributed by atoms with Gasteiger partial charge >= 0.3 is 0 Å². The molecule has 10 aromatic carbocycles. The van der Waals surface area contributed by atoms with Crippen LogP contribution in [0.1, 0.15) is 97.1 Å².